The van der Waals surface area contributed by atoms with Crippen LogP contribution in [0, 0.1) is 0 Å². The second kappa shape index (κ2) is 4.42. The maximum absolute atomic E-state index is 11.5. The topological polar surface area (TPSA) is 45.2 Å². The van der Waals surface area contributed by atoms with Crippen LogP contribution < -0.4 is 4.74 Å². The summed E-state index contributed by atoms with van der Waals surface area (Å²) in [4.78, 5) is 4.07. The van der Waals surface area contributed by atoms with Crippen LogP contribution in [-0.4, -0.2) is 16.1 Å². The Balaban J connectivity index is 2.37. The van der Waals surface area contributed by atoms with Crippen LogP contribution in [-0.2, 0) is 0 Å². The molecule has 15 heavy (non-hydrogen) atoms. The fourth-order valence-corrected chi connectivity index (χ4v) is 2.17. The Labute approximate surface area is 91.2 Å². The summed E-state index contributed by atoms with van der Waals surface area (Å²) in [6, 6.07) is 7.48. The van der Waals surface area contributed by atoms with E-state index < -0.39 is 10.8 Å². The molecule has 0 fully saturated rings. The highest BCUT2D eigenvalue weighted by molar-refractivity contribution is 7.26. The smallest absolute Gasteiger partial charge is 0.272 e. The molecule has 2 aromatic rings. The van der Waals surface area contributed by atoms with Gasteiger partial charge in [0.2, 0.25) is 0 Å². The Morgan fingerprint density at radius 3 is 3.00 bits per heavy atom. The molecule has 78 valence electrons. The second-order valence-electron chi connectivity index (χ2n) is 2.98. The summed E-state index contributed by atoms with van der Waals surface area (Å²) in [7, 11) is -1.11. The van der Waals surface area contributed by atoms with E-state index in [2.05, 4.69) is 4.98 Å². The zero-order chi connectivity index (χ0) is 10.7. The van der Waals surface area contributed by atoms with Crippen LogP contribution in [0.5, 0.6) is 5.75 Å². The van der Waals surface area contributed by atoms with Gasteiger partial charge in [-0.25, -0.2) is 4.98 Å². The molecule has 0 N–H and O–H groups in total. The molecule has 1 aromatic heterocycles. The highest BCUT2D eigenvalue weighted by Crippen LogP contribution is 2.30. The summed E-state index contributed by atoms with van der Waals surface area (Å²) in [5.41, 5.74) is 0.851. The van der Waals surface area contributed by atoms with Gasteiger partial charge in [0.15, 0.2) is 5.38 Å². The summed E-state index contributed by atoms with van der Waals surface area (Å²) >= 11 is 0. The van der Waals surface area contributed by atoms with Gasteiger partial charge in [0.1, 0.15) is 5.75 Å². The van der Waals surface area contributed by atoms with Gasteiger partial charge in [0.05, 0.1) is 18.4 Å². The minimum atomic E-state index is -1.11. The molecule has 0 aliphatic rings. The molecule has 0 saturated carbocycles. The minimum absolute atomic E-state index is 0.594. The van der Waals surface area contributed by atoms with E-state index in [-0.39, 0.29) is 0 Å². The normalized spacial score (nSPS) is 11.5. The first-order valence-electron chi connectivity index (χ1n) is 4.69. The van der Waals surface area contributed by atoms with Crippen molar-refractivity contribution < 1.29 is 9.29 Å². The van der Waals surface area contributed by atoms with E-state index in [1.807, 2.05) is 31.2 Å². The first-order chi connectivity index (χ1) is 7.31. The van der Waals surface area contributed by atoms with Crippen LogP contribution in [0.15, 0.2) is 35.8 Å². The van der Waals surface area contributed by atoms with Crippen LogP contribution >= 0.6 is 10.8 Å². The Kier molecular flexibility index (Phi) is 2.99. The van der Waals surface area contributed by atoms with Crippen molar-refractivity contribution in [3.8, 4) is 16.3 Å². The number of ether oxygens (including phenoxy) is 1. The maximum Gasteiger partial charge on any atom is 0.272 e. The van der Waals surface area contributed by atoms with E-state index in [9.17, 15) is 4.55 Å². The first-order valence-corrected chi connectivity index (χ1v) is 5.91. The molecule has 0 radical (unpaired) electrons. The van der Waals surface area contributed by atoms with E-state index in [4.69, 9.17) is 4.74 Å². The standard InChI is InChI=1S/C11H11NO2S/c1-2-14-10-5-3-4-9(8-10)11-12-6-7-15(11)13/h3-8H,2H2,1H3. The van der Waals surface area contributed by atoms with Gasteiger partial charge in [-0.3, -0.25) is 0 Å². The lowest BCUT2D eigenvalue weighted by Gasteiger charge is -2.03. The predicted molar refractivity (Wildman–Crippen MR) is 59.5 cm³/mol. The van der Waals surface area contributed by atoms with E-state index >= 15 is 0 Å². The number of benzene rings is 1. The maximum atomic E-state index is 11.5. The monoisotopic (exact) mass is 221 g/mol. The highest BCUT2D eigenvalue weighted by atomic mass is 32.2. The van der Waals surface area contributed by atoms with Crippen molar-refractivity contribution in [3.05, 3.63) is 35.8 Å². The second-order valence-corrected chi connectivity index (χ2v) is 4.23. The first kappa shape index (κ1) is 10.1. The van der Waals surface area contributed by atoms with Crippen molar-refractivity contribution in [2.75, 3.05) is 6.61 Å². The molecule has 0 aliphatic carbocycles. The van der Waals surface area contributed by atoms with E-state index in [0.717, 1.165) is 11.3 Å². The van der Waals surface area contributed by atoms with Crippen molar-refractivity contribution in [1.29, 1.82) is 0 Å². The molecule has 1 aromatic carbocycles. The van der Waals surface area contributed by atoms with Gasteiger partial charge in [-0.2, -0.15) is 0 Å². The quantitative estimate of drug-likeness (QED) is 0.748. The van der Waals surface area contributed by atoms with E-state index in [1.165, 1.54) is 0 Å². The molecule has 1 atom stereocenters. The molecule has 0 saturated heterocycles. The molecular formula is C11H11NO2S. The summed E-state index contributed by atoms with van der Waals surface area (Å²) in [5.74, 6) is 0.779. The largest absolute Gasteiger partial charge is 0.589 e. The van der Waals surface area contributed by atoms with Crippen molar-refractivity contribution in [2.45, 2.75) is 6.92 Å². The van der Waals surface area contributed by atoms with Crippen LogP contribution in [0.1, 0.15) is 6.92 Å². The number of rotatable bonds is 3. The molecule has 0 aliphatic heterocycles. The van der Waals surface area contributed by atoms with Crippen LogP contribution in [0.4, 0.5) is 0 Å². The van der Waals surface area contributed by atoms with Gasteiger partial charge >= 0.3 is 0 Å². The molecule has 0 amide bonds. The lowest BCUT2D eigenvalue weighted by atomic mass is 10.2. The third-order valence-corrected chi connectivity index (χ3v) is 3.05. The predicted octanol–water partition coefficient (Wildman–Crippen LogP) is 2.87. The Morgan fingerprint density at radius 1 is 1.47 bits per heavy atom. The Bertz CT molecular complexity index is 453. The summed E-state index contributed by atoms with van der Waals surface area (Å²) < 4.78 is 16.9. The SMILES string of the molecule is CCOc1cccc(-c2ncc[s+]2[O-])c1. The Morgan fingerprint density at radius 2 is 2.33 bits per heavy atom. The van der Waals surface area contributed by atoms with E-state index in [0.29, 0.717) is 11.6 Å². The van der Waals surface area contributed by atoms with Crippen molar-refractivity contribution in [3.63, 3.8) is 0 Å². The molecule has 1 unspecified atom stereocenters. The van der Waals surface area contributed by atoms with Gasteiger partial charge in [-0.15, -0.1) is 0 Å². The minimum Gasteiger partial charge on any atom is -0.589 e. The highest BCUT2D eigenvalue weighted by Gasteiger charge is 2.10. The molecule has 0 spiro atoms. The Hall–Kier alpha value is -1.39. The average molecular weight is 221 g/mol. The zero-order valence-corrected chi connectivity index (χ0v) is 9.16. The van der Waals surface area contributed by atoms with Crippen LogP contribution in [0.25, 0.3) is 10.6 Å². The van der Waals surface area contributed by atoms with Gasteiger partial charge in [-0.1, -0.05) is 6.07 Å². The van der Waals surface area contributed by atoms with Crippen molar-refractivity contribution in [2.24, 2.45) is 0 Å². The van der Waals surface area contributed by atoms with Crippen LogP contribution in [0.3, 0.4) is 0 Å². The molecule has 4 heteroatoms. The van der Waals surface area contributed by atoms with E-state index in [1.54, 1.807) is 11.6 Å². The van der Waals surface area contributed by atoms with Gasteiger partial charge < -0.3 is 9.29 Å². The fraction of sp³-hybridized carbons (Fsp3) is 0.182. The van der Waals surface area contributed by atoms with Crippen molar-refractivity contribution in [1.82, 2.24) is 4.98 Å². The number of aromatic nitrogens is 1. The number of thiazole rings is 1. The lowest BCUT2D eigenvalue weighted by molar-refractivity contribution is 0.340. The zero-order valence-electron chi connectivity index (χ0n) is 8.34. The number of nitrogens with zero attached hydrogens (tertiary/aromatic N) is 1. The molecule has 2 rings (SSSR count). The summed E-state index contributed by atoms with van der Waals surface area (Å²) in [6.07, 6.45) is 1.57. The third-order valence-electron chi connectivity index (χ3n) is 1.96. The molecule has 1 heterocycles. The molecular weight excluding hydrogens is 210 g/mol. The molecule has 3 nitrogen and oxygen atoms in total. The fourth-order valence-electron chi connectivity index (χ4n) is 1.35. The summed E-state index contributed by atoms with van der Waals surface area (Å²) in [5, 5.41) is 2.17. The van der Waals surface area contributed by atoms with Gasteiger partial charge in [0.25, 0.3) is 5.01 Å². The van der Waals surface area contributed by atoms with Crippen LogP contribution in [0.2, 0.25) is 0 Å². The third kappa shape index (κ3) is 2.16. The van der Waals surface area contributed by atoms with Gasteiger partial charge in [-0.05, 0) is 35.9 Å². The number of hydrogen-bond donors (Lipinski definition) is 0. The average Bonchev–Trinajstić information content (AvgIpc) is 2.65. The number of hydrogen-bond acceptors (Lipinski definition) is 3. The summed E-state index contributed by atoms with van der Waals surface area (Å²) in [6.45, 7) is 2.55. The lowest BCUT2D eigenvalue weighted by Crippen LogP contribution is -1.91. The molecule has 0 bridgehead atoms. The van der Waals surface area contributed by atoms with Crippen molar-refractivity contribution >= 4 is 10.8 Å². The van der Waals surface area contributed by atoms with Gasteiger partial charge in [0, 0.05) is 0 Å².